The summed E-state index contributed by atoms with van der Waals surface area (Å²) < 4.78 is 46.9. The fraction of sp³-hybridized carbons (Fsp3) is 0.857. The van der Waals surface area contributed by atoms with Crippen molar-refractivity contribution in [1.82, 2.24) is 0 Å². The summed E-state index contributed by atoms with van der Waals surface area (Å²) in [6.45, 7) is 5.03. The van der Waals surface area contributed by atoms with Gasteiger partial charge in [0.05, 0.1) is 37.6 Å². The summed E-state index contributed by atoms with van der Waals surface area (Å²) in [4.78, 5) is 25.5. The van der Waals surface area contributed by atoms with Gasteiger partial charge in [0.1, 0.15) is 67.3 Å². The second kappa shape index (κ2) is 18.6. The standard InChI is InChI=1S/C42H64O18/c1-19-38(60-40-37(52)35(50)33(48)28(59-40)18-55-39-36(51)34(49)32(47)27(16-43)58-39)26(53-4)15-31(56-19)57-22-9-11-41(2)21(14-22)5-7-25(44)24(41)10-12-42(3)23(6-8-29(42)45)20-13-30(46)54-17-20/h6,13,19,21-22,24,26-29,31-40,43,45,47-52H,5,7-12,14-18H2,1-4H3. The molecule has 18 heteroatoms. The van der Waals surface area contributed by atoms with E-state index in [2.05, 4.69) is 6.92 Å². The van der Waals surface area contributed by atoms with Crippen LogP contribution in [0, 0.1) is 22.7 Å². The molecule has 0 amide bonds. The highest BCUT2D eigenvalue weighted by Gasteiger charge is 2.54. The molecule has 7 aliphatic rings. The lowest BCUT2D eigenvalue weighted by Crippen LogP contribution is -2.63. The van der Waals surface area contributed by atoms with Crippen LogP contribution in [-0.2, 0) is 47.5 Å². The van der Waals surface area contributed by atoms with Crippen LogP contribution in [-0.4, -0.2) is 178 Å². The van der Waals surface area contributed by atoms with Gasteiger partial charge in [0.25, 0.3) is 0 Å². The summed E-state index contributed by atoms with van der Waals surface area (Å²) in [5.41, 5.74) is 0.910. The van der Waals surface area contributed by atoms with Crippen molar-refractivity contribution in [1.29, 1.82) is 0 Å². The van der Waals surface area contributed by atoms with Crippen molar-refractivity contribution in [3.8, 4) is 0 Å². The van der Waals surface area contributed by atoms with E-state index in [-0.39, 0.29) is 48.1 Å². The van der Waals surface area contributed by atoms with Crippen molar-refractivity contribution < 1.29 is 88.3 Å². The first-order chi connectivity index (χ1) is 28.5. The number of carbonyl (C=O) groups excluding carboxylic acids is 2. The molecule has 0 bridgehead atoms. The number of ketones is 1. The van der Waals surface area contributed by atoms with E-state index >= 15 is 0 Å². The van der Waals surface area contributed by atoms with E-state index in [4.69, 9.17) is 37.9 Å². The number of fused-ring (bicyclic) bond motifs is 1. The molecule has 4 heterocycles. The van der Waals surface area contributed by atoms with Crippen molar-refractivity contribution in [3.63, 3.8) is 0 Å². The summed E-state index contributed by atoms with van der Waals surface area (Å²) in [6.07, 6.45) is -9.99. The monoisotopic (exact) mass is 856 g/mol. The van der Waals surface area contributed by atoms with Gasteiger partial charge in [0.15, 0.2) is 18.9 Å². The minimum atomic E-state index is -1.72. The second-order valence-corrected chi connectivity index (χ2v) is 18.3. The summed E-state index contributed by atoms with van der Waals surface area (Å²) in [5, 5.41) is 83.4. The van der Waals surface area contributed by atoms with Gasteiger partial charge in [-0.15, -0.1) is 0 Å². The zero-order valence-electron chi connectivity index (χ0n) is 34.7. The number of esters is 1. The zero-order chi connectivity index (χ0) is 43.3. The van der Waals surface area contributed by atoms with Gasteiger partial charge in [0.2, 0.25) is 0 Å². The SMILES string of the molecule is COC1CC(OC2CCC3(C)C(CCC(=O)C3CCC3(C)C(C4=CC(=O)OC4)=CCC3O)C2)OC(C)C1OC1OC(COC2OC(CO)C(O)C(O)C2O)C(O)C(O)C1O. The molecule has 60 heavy (non-hydrogen) atoms. The van der Waals surface area contributed by atoms with Crippen LogP contribution in [0.3, 0.4) is 0 Å². The van der Waals surface area contributed by atoms with Gasteiger partial charge in [-0.2, -0.15) is 0 Å². The molecule has 18 nitrogen and oxygen atoms in total. The van der Waals surface area contributed by atoms with Crippen LogP contribution in [0.2, 0.25) is 0 Å². The second-order valence-electron chi connectivity index (χ2n) is 18.3. The molecule has 4 aliphatic heterocycles. The van der Waals surface area contributed by atoms with Gasteiger partial charge in [0, 0.05) is 42.9 Å². The Labute approximate surface area is 349 Å². The molecule has 5 fully saturated rings. The molecule has 0 aromatic heterocycles. The number of rotatable bonds is 13. The van der Waals surface area contributed by atoms with E-state index in [0.717, 1.165) is 36.8 Å². The number of aliphatic hydroxyl groups is 8. The summed E-state index contributed by atoms with van der Waals surface area (Å²) >= 11 is 0. The number of methoxy groups -OCH3 is 1. The van der Waals surface area contributed by atoms with E-state index < -0.39 is 111 Å². The third kappa shape index (κ3) is 8.90. The van der Waals surface area contributed by atoms with Gasteiger partial charge in [-0.05, 0) is 68.8 Å². The van der Waals surface area contributed by atoms with Crippen LogP contribution < -0.4 is 0 Å². The van der Waals surface area contributed by atoms with Crippen molar-refractivity contribution in [2.45, 2.75) is 177 Å². The van der Waals surface area contributed by atoms with Crippen LogP contribution in [0.1, 0.15) is 78.6 Å². The van der Waals surface area contributed by atoms with E-state index in [1.54, 1.807) is 6.92 Å². The molecule has 0 aromatic carbocycles. The fourth-order valence-electron chi connectivity index (χ4n) is 10.9. The maximum Gasteiger partial charge on any atom is 0.331 e. The Bertz CT molecular complexity index is 1590. The topological polar surface area (TPSA) is 270 Å². The Balaban J connectivity index is 0.930. The van der Waals surface area contributed by atoms with Gasteiger partial charge >= 0.3 is 5.97 Å². The first kappa shape index (κ1) is 46.0. The first-order valence-corrected chi connectivity index (χ1v) is 21.4. The minimum absolute atomic E-state index is 0.135. The third-order valence-corrected chi connectivity index (χ3v) is 14.8. The maximum absolute atomic E-state index is 13.6. The van der Waals surface area contributed by atoms with Crippen LogP contribution in [0.15, 0.2) is 23.3 Å². The van der Waals surface area contributed by atoms with Crippen LogP contribution in [0.25, 0.3) is 0 Å². The first-order valence-electron chi connectivity index (χ1n) is 21.4. The summed E-state index contributed by atoms with van der Waals surface area (Å²) in [7, 11) is 1.51. The Morgan fingerprint density at radius 3 is 2.23 bits per heavy atom. The van der Waals surface area contributed by atoms with E-state index in [0.29, 0.717) is 25.7 Å². The lowest BCUT2D eigenvalue weighted by Gasteiger charge is -2.52. The Morgan fingerprint density at radius 1 is 0.850 bits per heavy atom. The largest absolute Gasteiger partial charge is 0.458 e. The van der Waals surface area contributed by atoms with Crippen LogP contribution in [0.4, 0.5) is 0 Å². The van der Waals surface area contributed by atoms with Gasteiger partial charge in [-0.1, -0.05) is 19.9 Å². The third-order valence-electron chi connectivity index (χ3n) is 14.8. The molecule has 7 rings (SSSR count). The summed E-state index contributed by atoms with van der Waals surface area (Å²) in [6, 6.07) is 0. The molecule has 8 N–H and O–H groups in total. The molecular formula is C42H64O18. The quantitative estimate of drug-likeness (QED) is 0.0839. The highest BCUT2D eigenvalue weighted by molar-refractivity contribution is 5.87. The maximum atomic E-state index is 13.6. The average Bonchev–Trinajstić information content (AvgIpc) is 3.78. The lowest BCUT2D eigenvalue weighted by molar-refractivity contribution is -0.355. The molecule has 2 saturated carbocycles. The number of carbonyl (C=O) groups is 2. The predicted molar refractivity (Wildman–Crippen MR) is 204 cm³/mol. The smallest absolute Gasteiger partial charge is 0.331 e. The van der Waals surface area contributed by atoms with Crippen LogP contribution >= 0.6 is 0 Å². The highest BCUT2D eigenvalue weighted by atomic mass is 16.8. The number of hydrogen-bond donors (Lipinski definition) is 8. The molecule has 3 saturated heterocycles. The van der Waals surface area contributed by atoms with Crippen molar-refractivity contribution in [3.05, 3.63) is 23.3 Å². The molecule has 20 atom stereocenters. The minimum Gasteiger partial charge on any atom is -0.458 e. The van der Waals surface area contributed by atoms with Crippen LogP contribution in [0.5, 0.6) is 0 Å². The molecule has 20 unspecified atom stereocenters. The zero-order valence-corrected chi connectivity index (χ0v) is 34.7. The van der Waals surface area contributed by atoms with E-state index in [1.807, 2.05) is 13.0 Å². The predicted octanol–water partition coefficient (Wildman–Crippen LogP) is -0.723. The Kier molecular flexibility index (Phi) is 14.3. The number of aliphatic hydroxyl groups excluding tert-OH is 8. The van der Waals surface area contributed by atoms with Gasteiger partial charge < -0.3 is 78.7 Å². The Morgan fingerprint density at radius 2 is 1.55 bits per heavy atom. The van der Waals surface area contributed by atoms with Crippen molar-refractivity contribution in [2.75, 3.05) is 26.9 Å². The molecule has 0 aromatic rings. The number of Topliss-reactive ketones (excluding diaryl/α,β-unsaturated/α-hetero) is 1. The molecule has 340 valence electrons. The average molecular weight is 857 g/mol. The molecular weight excluding hydrogens is 792 g/mol. The summed E-state index contributed by atoms with van der Waals surface area (Å²) in [5.74, 6) is -0.0544. The molecule has 0 radical (unpaired) electrons. The number of cyclic esters (lactones) is 1. The Hall–Kier alpha value is -1.98. The van der Waals surface area contributed by atoms with Crippen molar-refractivity contribution >= 4 is 11.8 Å². The fourth-order valence-corrected chi connectivity index (χ4v) is 10.9. The molecule has 0 spiro atoms. The van der Waals surface area contributed by atoms with Gasteiger partial charge in [-0.3, -0.25) is 4.79 Å². The number of ether oxygens (including phenoxy) is 8. The molecule has 3 aliphatic carbocycles. The van der Waals surface area contributed by atoms with E-state index in [9.17, 15) is 50.4 Å². The van der Waals surface area contributed by atoms with Gasteiger partial charge in [-0.25, -0.2) is 4.79 Å². The van der Waals surface area contributed by atoms with E-state index in [1.165, 1.54) is 13.2 Å². The normalized spacial score (nSPS) is 48.7. The van der Waals surface area contributed by atoms with Crippen molar-refractivity contribution in [2.24, 2.45) is 22.7 Å². The number of hydrogen-bond acceptors (Lipinski definition) is 18. The lowest BCUT2D eigenvalue weighted by atomic mass is 9.53. The highest BCUT2D eigenvalue weighted by Crippen LogP contribution is 2.56.